The molecular weight excluding hydrogens is 304 g/mol. The van der Waals surface area contributed by atoms with Crippen LogP contribution in [0.25, 0.3) is 0 Å². The first kappa shape index (κ1) is 13.5. The molecule has 1 saturated heterocycles. The van der Waals surface area contributed by atoms with Crippen LogP contribution in [0.1, 0.15) is 43.8 Å². The summed E-state index contributed by atoms with van der Waals surface area (Å²) in [6.07, 6.45) is 7.97. The van der Waals surface area contributed by atoms with Gasteiger partial charge in [-0.2, -0.15) is 0 Å². The van der Waals surface area contributed by atoms with Crippen LogP contribution in [0.3, 0.4) is 0 Å². The lowest BCUT2D eigenvalue weighted by Crippen LogP contribution is -2.47. The summed E-state index contributed by atoms with van der Waals surface area (Å²) in [5.74, 6) is 0.616. The molecule has 19 heavy (non-hydrogen) atoms. The fraction of sp³-hybridized carbons (Fsp3) is 0.667. The van der Waals surface area contributed by atoms with Crippen LogP contribution in [0.5, 0.6) is 0 Å². The molecular formula is C15H21BrN2O. The molecule has 3 rings (SSSR count). The first-order valence-electron chi connectivity index (χ1n) is 7.16. The Morgan fingerprint density at radius 1 is 1.53 bits per heavy atom. The maximum absolute atomic E-state index is 6.03. The molecule has 2 heterocycles. The molecule has 2 fully saturated rings. The van der Waals surface area contributed by atoms with Crippen LogP contribution in [-0.2, 0) is 4.74 Å². The Morgan fingerprint density at radius 3 is 3.00 bits per heavy atom. The molecule has 3 nitrogen and oxygen atoms in total. The summed E-state index contributed by atoms with van der Waals surface area (Å²) in [6.45, 7) is 0.896. The second-order valence-corrected chi connectivity index (χ2v) is 6.63. The van der Waals surface area contributed by atoms with Gasteiger partial charge in [-0.05, 0) is 73.1 Å². The van der Waals surface area contributed by atoms with Crippen molar-refractivity contribution in [2.24, 2.45) is 5.92 Å². The number of aromatic nitrogens is 1. The molecule has 0 bridgehead atoms. The van der Waals surface area contributed by atoms with Gasteiger partial charge in [-0.25, -0.2) is 0 Å². The van der Waals surface area contributed by atoms with E-state index in [0.717, 1.165) is 23.2 Å². The van der Waals surface area contributed by atoms with Crippen LogP contribution in [0, 0.1) is 5.92 Å². The van der Waals surface area contributed by atoms with Gasteiger partial charge in [0, 0.05) is 17.3 Å². The predicted molar refractivity (Wildman–Crippen MR) is 79.0 cm³/mol. The normalized spacial score (nSPS) is 26.9. The predicted octanol–water partition coefficient (Wildman–Crippen LogP) is 3.45. The van der Waals surface area contributed by atoms with Crippen LogP contribution < -0.4 is 5.32 Å². The third-order valence-corrected chi connectivity index (χ3v) is 5.33. The summed E-state index contributed by atoms with van der Waals surface area (Å²) in [7, 11) is 2.04. The topological polar surface area (TPSA) is 34.2 Å². The van der Waals surface area contributed by atoms with Gasteiger partial charge in [0.1, 0.15) is 0 Å². The van der Waals surface area contributed by atoms with Gasteiger partial charge in [-0.1, -0.05) is 0 Å². The van der Waals surface area contributed by atoms with E-state index in [1.165, 1.54) is 25.7 Å². The van der Waals surface area contributed by atoms with Gasteiger partial charge in [0.05, 0.1) is 17.3 Å². The summed E-state index contributed by atoms with van der Waals surface area (Å²) in [5.41, 5.74) is 1.32. The number of hydrogen-bond donors (Lipinski definition) is 1. The van der Waals surface area contributed by atoms with Crippen molar-refractivity contribution in [1.29, 1.82) is 0 Å². The van der Waals surface area contributed by atoms with Crippen molar-refractivity contribution in [2.75, 3.05) is 13.7 Å². The number of halogens is 1. The summed E-state index contributed by atoms with van der Waals surface area (Å²) in [6, 6.07) is 4.36. The Morgan fingerprint density at radius 2 is 2.37 bits per heavy atom. The van der Waals surface area contributed by atoms with Crippen LogP contribution in [0.4, 0.5) is 0 Å². The van der Waals surface area contributed by atoms with Crippen LogP contribution in [-0.4, -0.2) is 24.2 Å². The molecule has 104 valence electrons. The molecule has 0 amide bonds. The standard InChI is InChI=1S/C15H21BrN2O/c1-17-13(14-12(16)4-2-8-18-14)11-5-9-19-15(10-11)6-3-7-15/h2,4,8,11,13,17H,3,5-7,9-10H2,1H3. The first-order chi connectivity index (χ1) is 9.24. The van der Waals surface area contributed by atoms with E-state index >= 15 is 0 Å². The van der Waals surface area contributed by atoms with Crippen molar-refractivity contribution in [3.63, 3.8) is 0 Å². The molecule has 2 atom stereocenters. The molecule has 1 aliphatic heterocycles. The van der Waals surface area contributed by atoms with Crippen LogP contribution in [0.2, 0.25) is 0 Å². The van der Waals surface area contributed by atoms with Crippen molar-refractivity contribution in [2.45, 2.75) is 43.7 Å². The van der Waals surface area contributed by atoms with Crippen molar-refractivity contribution in [1.82, 2.24) is 10.3 Å². The van der Waals surface area contributed by atoms with E-state index in [4.69, 9.17) is 4.74 Å². The first-order valence-corrected chi connectivity index (χ1v) is 7.95. The maximum Gasteiger partial charge on any atom is 0.0717 e. The molecule has 1 aromatic heterocycles. The van der Waals surface area contributed by atoms with E-state index < -0.39 is 0 Å². The minimum atomic E-state index is 0.194. The zero-order chi connectivity index (χ0) is 13.3. The van der Waals surface area contributed by atoms with Crippen LogP contribution in [0.15, 0.2) is 22.8 Å². The minimum absolute atomic E-state index is 0.194. The Bertz CT molecular complexity index is 448. The Balaban J connectivity index is 1.80. The van der Waals surface area contributed by atoms with Gasteiger partial charge in [0.25, 0.3) is 0 Å². The minimum Gasteiger partial charge on any atom is -0.375 e. The molecule has 1 spiro atoms. The molecule has 1 N–H and O–H groups in total. The number of nitrogens with zero attached hydrogens (tertiary/aromatic N) is 1. The summed E-state index contributed by atoms with van der Waals surface area (Å²) in [5, 5.41) is 3.47. The second-order valence-electron chi connectivity index (χ2n) is 5.77. The molecule has 4 heteroatoms. The van der Waals surface area contributed by atoms with Gasteiger partial charge < -0.3 is 10.1 Å². The molecule has 1 aliphatic carbocycles. The Kier molecular flexibility index (Phi) is 3.92. The van der Waals surface area contributed by atoms with Crippen molar-refractivity contribution in [3.05, 3.63) is 28.5 Å². The highest BCUT2D eigenvalue weighted by molar-refractivity contribution is 9.10. The summed E-state index contributed by atoms with van der Waals surface area (Å²) >= 11 is 3.63. The number of hydrogen-bond acceptors (Lipinski definition) is 3. The summed E-state index contributed by atoms with van der Waals surface area (Å²) < 4.78 is 7.13. The number of ether oxygens (including phenoxy) is 1. The second kappa shape index (κ2) is 5.51. The van der Waals surface area contributed by atoms with E-state index in [2.05, 4.69) is 32.3 Å². The maximum atomic E-state index is 6.03. The van der Waals surface area contributed by atoms with Gasteiger partial charge in [-0.3, -0.25) is 4.98 Å². The number of nitrogens with one attached hydrogen (secondary N) is 1. The van der Waals surface area contributed by atoms with E-state index in [-0.39, 0.29) is 5.60 Å². The van der Waals surface area contributed by atoms with Crippen molar-refractivity contribution < 1.29 is 4.74 Å². The fourth-order valence-corrected chi connectivity index (χ4v) is 3.99. The highest BCUT2D eigenvalue weighted by Crippen LogP contribution is 2.47. The Hall–Kier alpha value is -0.450. The highest BCUT2D eigenvalue weighted by atomic mass is 79.9. The smallest absolute Gasteiger partial charge is 0.0717 e. The van der Waals surface area contributed by atoms with Crippen LogP contribution >= 0.6 is 15.9 Å². The lowest BCUT2D eigenvalue weighted by molar-refractivity contribution is -0.147. The quantitative estimate of drug-likeness (QED) is 0.924. The van der Waals surface area contributed by atoms with E-state index in [0.29, 0.717) is 12.0 Å². The third-order valence-electron chi connectivity index (χ3n) is 4.66. The average molecular weight is 325 g/mol. The average Bonchev–Trinajstić information content (AvgIpc) is 2.40. The molecule has 0 aromatic carbocycles. The molecule has 0 radical (unpaired) electrons. The van der Waals surface area contributed by atoms with Crippen molar-refractivity contribution in [3.8, 4) is 0 Å². The zero-order valence-corrected chi connectivity index (χ0v) is 12.9. The molecule has 1 aromatic rings. The monoisotopic (exact) mass is 324 g/mol. The third kappa shape index (κ3) is 2.58. The number of pyridine rings is 1. The van der Waals surface area contributed by atoms with E-state index in [1.807, 2.05) is 19.3 Å². The Labute approximate surface area is 123 Å². The lowest BCUT2D eigenvalue weighted by Gasteiger charge is -2.48. The molecule has 1 saturated carbocycles. The highest BCUT2D eigenvalue weighted by Gasteiger charge is 2.44. The SMILES string of the molecule is CNC(c1ncccc1Br)C1CCOC2(CCC2)C1. The van der Waals surface area contributed by atoms with E-state index in [1.54, 1.807) is 0 Å². The lowest BCUT2D eigenvalue weighted by atomic mass is 9.70. The molecule has 2 unspecified atom stereocenters. The van der Waals surface area contributed by atoms with Crippen molar-refractivity contribution >= 4 is 15.9 Å². The molecule has 2 aliphatic rings. The fourth-order valence-electron chi connectivity index (χ4n) is 3.49. The zero-order valence-electron chi connectivity index (χ0n) is 11.4. The number of rotatable bonds is 3. The van der Waals surface area contributed by atoms with E-state index in [9.17, 15) is 0 Å². The van der Waals surface area contributed by atoms with Gasteiger partial charge in [0.2, 0.25) is 0 Å². The van der Waals surface area contributed by atoms with Gasteiger partial charge in [0.15, 0.2) is 0 Å². The summed E-state index contributed by atoms with van der Waals surface area (Å²) in [4.78, 5) is 4.57. The largest absolute Gasteiger partial charge is 0.375 e. The van der Waals surface area contributed by atoms with Gasteiger partial charge in [-0.15, -0.1) is 0 Å². The van der Waals surface area contributed by atoms with Gasteiger partial charge >= 0.3 is 0 Å².